The van der Waals surface area contributed by atoms with Gasteiger partial charge in [-0.05, 0) is 42.3 Å². The summed E-state index contributed by atoms with van der Waals surface area (Å²) in [4.78, 5) is 11.8. The van der Waals surface area contributed by atoms with Gasteiger partial charge in [0.1, 0.15) is 11.9 Å². The molecule has 92 valence electrons. The summed E-state index contributed by atoms with van der Waals surface area (Å²) < 4.78 is 5.65. The van der Waals surface area contributed by atoms with Crippen molar-refractivity contribution in [3.05, 3.63) is 40.8 Å². The third-order valence-corrected chi connectivity index (χ3v) is 4.01. The summed E-state index contributed by atoms with van der Waals surface area (Å²) in [5.74, 6) is 0.0666. The SMILES string of the molecule is CC1Cc2cc(-c3cc(C(=O)O)cs3)ccc2O1. The number of thiophene rings is 1. The Labute approximate surface area is 109 Å². The molecular weight excluding hydrogens is 248 g/mol. The quantitative estimate of drug-likeness (QED) is 0.899. The predicted octanol–water partition coefficient (Wildman–Crippen LogP) is 3.44. The van der Waals surface area contributed by atoms with Crippen LogP contribution in [0, 0.1) is 0 Å². The van der Waals surface area contributed by atoms with Gasteiger partial charge in [-0.3, -0.25) is 0 Å². The number of carboxylic acids is 1. The largest absolute Gasteiger partial charge is 0.490 e. The molecule has 0 saturated carbocycles. The van der Waals surface area contributed by atoms with E-state index in [-0.39, 0.29) is 6.10 Å². The maximum atomic E-state index is 10.9. The van der Waals surface area contributed by atoms with E-state index in [1.165, 1.54) is 16.9 Å². The van der Waals surface area contributed by atoms with Gasteiger partial charge in [0.2, 0.25) is 0 Å². The molecule has 1 N–H and O–H groups in total. The molecule has 2 aromatic rings. The molecule has 18 heavy (non-hydrogen) atoms. The highest BCUT2D eigenvalue weighted by Crippen LogP contribution is 2.35. The second-order valence-corrected chi connectivity index (χ2v) is 5.37. The lowest BCUT2D eigenvalue weighted by molar-refractivity contribution is 0.0697. The molecule has 1 aromatic heterocycles. The Balaban J connectivity index is 1.97. The lowest BCUT2D eigenvalue weighted by Gasteiger charge is -2.02. The summed E-state index contributed by atoms with van der Waals surface area (Å²) >= 11 is 1.46. The van der Waals surface area contributed by atoms with Crippen molar-refractivity contribution in [1.29, 1.82) is 0 Å². The molecular formula is C14H12O3S. The van der Waals surface area contributed by atoms with Crippen molar-refractivity contribution in [3.8, 4) is 16.2 Å². The summed E-state index contributed by atoms with van der Waals surface area (Å²) in [6.07, 6.45) is 1.15. The van der Waals surface area contributed by atoms with Crippen molar-refractivity contribution < 1.29 is 14.6 Å². The average Bonchev–Trinajstić information content (AvgIpc) is 2.91. The molecule has 3 nitrogen and oxygen atoms in total. The van der Waals surface area contributed by atoms with E-state index in [1.54, 1.807) is 11.4 Å². The number of benzene rings is 1. The number of rotatable bonds is 2. The highest BCUT2D eigenvalue weighted by Gasteiger charge is 2.19. The Kier molecular flexibility index (Phi) is 2.59. The van der Waals surface area contributed by atoms with Crippen LogP contribution in [0.3, 0.4) is 0 Å². The second-order valence-electron chi connectivity index (χ2n) is 4.46. The first-order valence-electron chi connectivity index (χ1n) is 5.75. The third-order valence-electron chi connectivity index (χ3n) is 3.03. The van der Waals surface area contributed by atoms with Gasteiger partial charge in [-0.1, -0.05) is 0 Å². The van der Waals surface area contributed by atoms with E-state index < -0.39 is 5.97 Å². The fourth-order valence-electron chi connectivity index (χ4n) is 2.18. The van der Waals surface area contributed by atoms with Crippen molar-refractivity contribution in [2.45, 2.75) is 19.4 Å². The van der Waals surface area contributed by atoms with Crippen molar-refractivity contribution >= 4 is 17.3 Å². The van der Waals surface area contributed by atoms with Crippen molar-refractivity contribution in [2.24, 2.45) is 0 Å². The molecule has 1 atom stereocenters. The van der Waals surface area contributed by atoms with Crippen LogP contribution < -0.4 is 4.74 Å². The maximum absolute atomic E-state index is 10.9. The normalized spacial score (nSPS) is 17.3. The second kappa shape index (κ2) is 4.14. The molecule has 3 rings (SSSR count). The fraction of sp³-hybridized carbons (Fsp3) is 0.214. The van der Waals surface area contributed by atoms with Crippen LogP contribution in [0.1, 0.15) is 22.8 Å². The molecule has 1 aliphatic heterocycles. The van der Waals surface area contributed by atoms with Crippen molar-refractivity contribution in [2.75, 3.05) is 0 Å². The van der Waals surface area contributed by atoms with Gasteiger partial charge in [-0.15, -0.1) is 11.3 Å². The number of carbonyl (C=O) groups is 1. The Morgan fingerprint density at radius 1 is 1.44 bits per heavy atom. The van der Waals surface area contributed by atoms with Gasteiger partial charge in [0.15, 0.2) is 0 Å². The van der Waals surface area contributed by atoms with Crippen molar-refractivity contribution in [3.63, 3.8) is 0 Å². The zero-order valence-electron chi connectivity index (χ0n) is 9.84. The summed E-state index contributed by atoms with van der Waals surface area (Å²) in [6, 6.07) is 7.76. The number of carboxylic acid groups (broad SMARTS) is 1. The minimum atomic E-state index is -0.879. The molecule has 0 saturated heterocycles. The first kappa shape index (κ1) is 11.3. The lowest BCUT2D eigenvalue weighted by Crippen LogP contribution is -2.05. The maximum Gasteiger partial charge on any atom is 0.336 e. The van der Waals surface area contributed by atoms with E-state index in [1.807, 2.05) is 19.1 Å². The standard InChI is InChI=1S/C14H12O3S/c1-8-4-10-5-9(2-3-12(10)17-8)13-6-11(7-18-13)14(15)16/h2-3,5-8H,4H2,1H3,(H,15,16). The Morgan fingerprint density at radius 2 is 2.28 bits per heavy atom. The van der Waals surface area contributed by atoms with Gasteiger partial charge >= 0.3 is 5.97 Å². The van der Waals surface area contributed by atoms with Crippen LogP contribution in [-0.4, -0.2) is 17.2 Å². The third kappa shape index (κ3) is 1.88. The van der Waals surface area contributed by atoms with Crippen LogP contribution in [0.5, 0.6) is 5.75 Å². The first-order valence-corrected chi connectivity index (χ1v) is 6.63. The average molecular weight is 260 g/mol. The number of hydrogen-bond donors (Lipinski definition) is 1. The minimum absolute atomic E-state index is 0.230. The predicted molar refractivity (Wildman–Crippen MR) is 70.5 cm³/mol. The molecule has 1 unspecified atom stereocenters. The number of hydrogen-bond acceptors (Lipinski definition) is 3. The molecule has 0 radical (unpaired) electrons. The zero-order chi connectivity index (χ0) is 12.7. The van der Waals surface area contributed by atoms with Gasteiger partial charge in [0.05, 0.1) is 5.56 Å². The minimum Gasteiger partial charge on any atom is -0.490 e. The topological polar surface area (TPSA) is 46.5 Å². The molecule has 1 aromatic carbocycles. The highest BCUT2D eigenvalue weighted by atomic mass is 32.1. The Morgan fingerprint density at radius 3 is 3.00 bits per heavy atom. The van der Waals surface area contributed by atoms with Gasteiger partial charge in [0.25, 0.3) is 0 Å². The van der Waals surface area contributed by atoms with E-state index >= 15 is 0 Å². The van der Waals surface area contributed by atoms with Crippen LogP contribution in [-0.2, 0) is 6.42 Å². The van der Waals surface area contributed by atoms with Crippen molar-refractivity contribution in [1.82, 2.24) is 0 Å². The van der Waals surface area contributed by atoms with E-state index in [0.29, 0.717) is 5.56 Å². The molecule has 0 bridgehead atoms. The van der Waals surface area contributed by atoms with Crippen LogP contribution >= 0.6 is 11.3 Å². The molecule has 1 aliphatic rings. The first-order chi connectivity index (χ1) is 8.63. The van der Waals surface area contributed by atoms with E-state index in [4.69, 9.17) is 9.84 Å². The van der Waals surface area contributed by atoms with Crippen LogP contribution in [0.4, 0.5) is 0 Å². The highest BCUT2D eigenvalue weighted by molar-refractivity contribution is 7.13. The lowest BCUT2D eigenvalue weighted by atomic mass is 10.1. The number of aromatic carboxylic acids is 1. The summed E-state index contributed by atoms with van der Waals surface area (Å²) in [5.41, 5.74) is 2.61. The van der Waals surface area contributed by atoms with Gasteiger partial charge in [0, 0.05) is 16.7 Å². The summed E-state index contributed by atoms with van der Waals surface area (Å²) in [6.45, 7) is 2.05. The van der Waals surface area contributed by atoms with Gasteiger partial charge < -0.3 is 9.84 Å². The van der Waals surface area contributed by atoms with Crippen LogP contribution in [0.2, 0.25) is 0 Å². The number of ether oxygens (including phenoxy) is 1. The molecule has 0 spiro atoms. The molecule has 4 heteroatoms. The molecule has 2 heterocycles. The fourth-order valence-corrected chi connectivity index (χ4v) is 3.06. The van der Waals surface area contributed by atoms with E-state index in [9.17, 15) is 4.79 Å². The van der Waals surface area contributed by atoms with Crippen LogP contribution in [0.25, 0.3) is 10.4 Å². The molecule has 0 amide bonds. The van der Waals surface area contributed by atoms with Gasteiger partial charge in [-0.2, -0.15) is 0 Å². The molecule has 0 fully saturated rings. The Bertz CT molecular complexity index is 615. The zero-order valence-corrected chi connectivity index (χ0v) is 10.7. The molecule has 0 aliphatic carbocycles. The van der Waals surface area contributed by atoms with Gasteiger partial charge in [-0.25, -0.2) is 4.79 Å². The summed E-state index contributed by atoms with van der Waals surface area (Å²) in [5, 5.41) is 10.6. The summed E-state index contributed by atoms with van der Waals surface area (Å²) in [7, 11) is 0. The monoisotopic (exact) mass is 260 g/mol. The van der Waals surface area contributed by atoms with E-state index in [0.717, 1.165) is 22.6 Å². The Hall–Kier alpha value is -1.81. The number of fused-ring (bicyclic) bond motifs is 1. The van der Waals surface area contributed by atoms with E-state index in [2.05, 4.69) is 6.07 Å². The van der Waals surface area contributed by atoms with Crippen LogP contribution in [0.15, 0.2) is 29.6 Å². The smallest absolute Gasteiger partial charge is 0.336 e.